The Labute approximate surface area is 256 Å². The fourth-order valence-electron chi connectivity index (χ4n) is 5.84. The Morgan fingerprint density at radius 1 is 1.02 bits per heavy atom. The maximum Gasteiger partial charge on any atom is 0.227 e. The zero-order valence-electron chi connectivity index (χ0n) is 26.1. The van der Waals surface area contributed by atoms with Crippen LogP contribution in [0.2, 0.25) is 0 Å². The van der Waals surface area contributed by atoms with Crippen molar-refractivity contribution in [3.8, 4) is 10.4 Å². The molecule has 3 rings (SSSR count). The number of amides is 1. The van der Waals surface area contributed by atoms with Crippen molar-refractivity contribution in [1.82, 2.24) is 9.88 Å². The minimum Gasteiger partial charge on any atom is -0.391 e. The van der Waals surface area contributed by atoms with Crippen LogP contribution >= 0.6 is 11.3 Å². The number of ketones is 2. The van der Waals surface area contributed by atoms with E-state index in [1.54, 1.807) is 16.2 Å². The molecule has 0 bridgehead atoms. The zero-order chi connectivity index (χ0) is 30.7. The third-order valence-electron chi connectivity index (χ3n) is 8.49. The fourth-order valence-corrected chi connectivity index (χ4v) is 6.65. The van der Waals surface area contributed by atoms with E-state index in [9.17, 15) is 19.5 Å². The minimum absolute atomic E-state index is 0.0345. The molecule has 1 amide bonds. The molecule has 0 spiro atoms. The number of β-amino-alcohol motifs (C(OH)–C–C–N with tert-alkyl or cyclic N) is 1. The van der Waals surface area contributed by atoms with Crippen LogP contribution in [0.3, 0.4) is 0 Å². The summed E-state index contributed by atoms with van der Waals surface area (Å²) in [6, 6.07) is 7.55. The molecule has 3 atom stereocenters. The highest BCUT2D eigenvalue weighted by atomic mass is 32.1. The van der Waals surface area contributed by atoms with Gasteiger partial charge in [0.2, 0.25) is 5.91 Å². The third-order valence-corrected chi connectivity index (χ3v) is 9.47. The molecule has 232 valence electrons. The topological polar surface area (TPSA) is 114 Å². The summed E-state index contributed by atoms with van der Waals surface area (Å²) in [5, 5.41) is 10.5. The van der Waals surface area contributed by atoms with Crippen LogP contribution in [0.4, 0.5) is 0 Å². The number of aromatic nitrogens is 1. The van der Waals surface area contributed by atoms with E-state index in [4.69, 9.17) is 5.73 Å². The predicted octanol–water partition coefficient (Wildman–Crippen LogP) is 6.28. The van der Waals surface area contributed by atoms with Crippen molar-refractivity contribution in [3.05, 3.63) is 41.0 Å². The molecular weight excluding hydrogens is 546 g/mol. The summed E-state index contributed by atoms with van der Waals surface area (Å²) in [4.78, 5) is 47.2. The Morgan fingerprint density at radius 2 is 1.67 bits per heavy atom. The van der Waals surface area contributed by atoms with E-state index < -0.39 is 23.5 Å². The van der Waals surface area contributed by atoms with Crippen LogP contribution in [0.15, 0.2) is 29.8 Å². The average Bonchev–Trinajstić information content (AvgIpc) is 3.56. The van der Waals surface area contributed by atoms with Gasteiger partial charge in [0.25, 0.3) is 0 Å². The van der Waals surface area contributed by atoms with Gasteiger partial charge in [-0.25, -0.2) is 4.98 Å². The van der Waals surface area contributed by atoms with Crippen LogP contribution in [-0.2, 0) is 20.8 Å². The van der Waals surface area contributed by atoms with Crippen LogP contribution < -0.4 is 5.73 Å². The molecule has 2 heterocycles. The lowest BCUT2D eigenvalue weighted by molar-refractivity contribution is -0.145. The molecule has 8 heteroatoms. The second-order valence-electron chi connectivity index (χ2n) is 13.0. The van der Waals surface area contributed by atoms with Gasteiger partial charge in [-0.15, -0.1) is 11.3 Å². The van der Waals surface area contributed by atoms with E-state index in [1.165, 1.54) is 19.3 Å². The first-order valence-corrected chi connectivity index (χ1v) is 16.6. The Bertz CT molecular complexity index is 1150. The van der Waals surface area contributed by atoms with Crippen LogP contribution in [0, 0.1) is 18.3 Å². The zero-order valence-corrected chi connectivity index (χ0v) is 26.9. The van der Waals surface area contributed by atoms with Crippen molar-refractivity contribution >= 4 is 28.8 Å². The Hall–Kier alpha value is -2.42. The molecule has 1 aliphatic heterocycles. The van der Waals surface area contributed by atoms with Gasteiger partial charge in [0.1, 0.15) is 5.78 Å². The van der Waals surface area contributed by atoms with E-state index in [0.717, 1.165) is 53.9 Å². The number of benzene rings is 1. The van der Waals surface area contributed by atoms with Gasteiger partial charge in [0.05, 0.1) is 28.2 Å². The van der Waals surface area contributed by atoms with E-state index in [1.807, 2.05) is 45.3 Å². The maximum atomic E-state index is 13.8. The van der Waals surface area contributed by atoms with Crippen LogP contribution in [0.1, 0.15) is 103 Å². The molecule has 2 aromatic rings. The second kappa shape index (κ2) is 16.4. The van der Waals surface area contributed by atoms with E-state index in [-0.39, 0.29) is 36.9 Å². The van der Waals surface area contributed by atoms with Crippen molar-refractivity contribution in [1.29, 1.82) is 0 Å². The monoisotopic (exact) mass is 597 g/mol. The van der Waals surface area contributed by atoms with Gasteiger partial charge in [0, 0.05) is 38.1 Å². The molecule has 0 radical (unpaired) electrons. The quantitative estimate of drug-likeness (QED) is 0.207. The van der Waals surface area contributed by atoms with Crippen molar-refractivity contribution in [2.24, 2.45) is 17.1 Å². The Kier molecular flexibility index (Phi) is 13.3. The Balaban J connectivity index is 1.54. The molecule has 0 aliphatic carbocycles. The van der Waals surface area contributed by atoms with Crippen molar-refractivity contribution in [2.45, 2.75) is 117 Å². The molecule has 0 unspecified atom stereocenters. The summed E-state index contributed by atoms with van der Waals surface area (Å²) in [5.74, 6) is -0.640. The summed E-state index contributed by atoms with van der Waals surface area (Å²) < 4.78 is 0. The summed E-state index contributed by atoms with van der Waals surface area (Å²) in [6.45, 7) is 8.82. The predicted molar refractivity (Wildman–Crippen MR) is 170 cm³/mol. The summed E-state index contributed by atoms with van der Waals surface area (Å²) >= 11 is 1.61. The number of carbonyl (C=O) groups excluding carboxylic acids is 3. The number of carbonyl (C=O) groups is 3. The number of aliphatic hydroxyl groups is 1. The average molecular weight is 598 g/mol. The number of hydrogen-bond donors (Lipinski definition) is 2. The second-order valence-corrected chi connectivity index (χ2v) is 13.9. The normalized spacial score (nSPS) is 17.9. The largest absolute Gasteiger partial charge is 0.391 e. The van der Waals surface area contributed by atoms with E-state index in [2.05, 4.69) is 17.1 Å². The van der Waals surface area contributed by atoms with Crippen molar-refractivity contribution < 1.29 is 19.5 Å². The number of Topliss-reactive ketones (excluding diaryl/α,β-unsaturated/α-hetero) is 2. The summed E-state index contributed by atoms with van der Waals surface area (Å²) in [5.41, 5.74) is 10.1. The van der Waals surface area contributed by atoms with E-state index >= 15 is 0 Å². The molecule has 1 saturated heterocycles. The smallest absolute Gasteiger partial charge is 0.227 e. The Morgan fingerprint density at radius 3 is 2.26 bits per heavy atom. The molecule has 7 nitrogen and oxygen atoms in total. The number of unbranched alkanes of at least 4 members (excludes halogenated alkanes) is 6. The van der Waals surface area contributed by atoms with Crippen molar-refractivity contribution in [3.63, 3.8) is 0 Å². The molecular formula is C34H51N3O4S. The number of hydrogen-bond acceptors (Lipinski definition) is 7. The number of nitrogens with two attached hydrogens (primary N) is 1. The SMILES string of the molecule is Cc1ncsc1-c1ccc(CCC(=O)[C@@H]2C[C@@H](O)CN2C(=O)[C@@H](CC(=O)CCCCCCCCCN)C(C)(C)C)cc1. The number of aryl methyl sites for hydroxylation is 2. The fraction of sp³-hybridized carbons (Fsp3) is 0.647. The van der Waals surface area contributed by atoms with Crippen LogP contribution in [-0.4, -0.2) is 57.7 Å². The molecule has 1 aromatic heterocycles. The number of aliphatic hydroxyl groups excluding tert-OH is 1. The van der Waals surface area contributed by atoms with Gasteiger partial charge in [-0.05, 0) is 49.3 Å². The number of likely N-dealkylation sites (tertiary alicyclic amines) is 1. The standard InChI is InChI=1S/C34H51N3O4S/c1-24-32(42-23-36-24)26-16-13-25(14-17-26)15-18-31(40)30-21-28(39)22-37(30)33(41)29(34(2,3)4)20-27(38)12-10-8-6-5-7-9-11-19-35/h13-14,16-17,23,28-30,39H,5-12,15,18-22,35H2,1-4H3/t28-,29-,30+/m1/s1. The lowest BCUT2D eigenvalue weighted by atomic mass is 9.76. The van der Waals surface area contributed by atoms with Crippen LogP contribution in [0.25, 0.3) is 10.4 Å². The third kappa shape index (κ3) is 10.1. The van der Waals surface area contributed by atoms with Gasteiger partial charge in [-0.3, -0.25) is 14.4 Å². The first kappa shape index (κ1) is 34.1. The maximum absolute atomic E-state index is 13.8. The number of nitrogens with zero attached hydrogens (tertiary/aromatic N) is 2. The highest BCUT2D eigenvalue weighted by Gasteiger charge is 2.43. The lowest BCUT2D eigenvalue weighted by Crippen LogP contribution is -2.47. The molecule has 1 fully saturated rings. The van der Waals surface area contributed by atoms with Crippen LogP contribution in [0.5, 0.6) is 0 Å². The lowest BCUT2D eigenvalue weighted by Gasteiger charge is -2.34. The molecule has 0 saturated carbocycles. The first-order valence-electron chi connectivity index (χ1n) is 15.7. The van der Waals surface area contributed by atoms with Gasteiger partial charge in [0.15, 0.2) is 5.78 Å². The van der Waals surface area contributed by atoms with Gasteiger partial charge in [-0.2, -0.15) is 0 Å². The molecule has 42 heavy (non-hydrogen) atoms. The van der Waals surface area contributed by atoms with Gasteiger partial charge < -0.3 is 15.7 Å². The number of rotatable bonds is 17. The van der Waals surface area contributed by atoms with Gasteiger partial charge >= 0.3 is 0 Å². The first-order chi connectivity index (χ1) is 20.0. The summed E-state index contributed by atoms with van der Waals surface area (Å²) in [7, 11) is 0. The van der Waals surface area contributed by atoms with Crippen molar-refractivity contribution in [2.75, 3.05) is 13.1 Å². The molecule has 1 aromatic carbocycles. The summed E-state index contributed by atoms with van der Waals surface area (Å²) in [6.07, 6.45) is 8.63. The minimum atomic E-state index is -0.731. The molecule has 3 N–H and O–H groups in total. The number of thiazole rings is 1. The highest BCUT2D eigenvalue weighted by molar-refractivity contribution is 7.13. The molecule has 1 aliphatic rings. The van der Waals surface area contributed by atoms with E-state index in [0.29, 0.717) is 19.3 Å². The highest BCUT2D eigenvalue weighted by Crippen LogP contribution is 2.34. The van der Waals surface area contributed by atoms with Gasteiger partial charge in [-0.1, -0.05) is 77.1 Å².